The van der Waals surface area contributed by atoms with Crippen LogP contribution in [0.1, 0.15) is 51.9 Å². The summed E-state index contributed by atoms with van der Waals surface area (Å²) < 4.78 is 9.82. The van der Waals surface area contributed by atoms with E-state index < -0.39 is 6.16 Å². The van der Waals surface area contributed by atoms with Crippen LogP contribution >= 0.6 is 15.9 Å². The molecule has 3 nitrogen and oxygen atoms in total. The molecule has 0 heterocycles. The average molecular weight is 321 g/mol. The maximum Gasteiger partial charge on any atom is 0.508 e. The van der Waals surface area contributed by atoms with Crippen LogP contribution in [0.25, 0.3) is 0 Å². The second-order valence-electron chi connectivity index (χ2n) is 4.10. The van der Waals surface area contributed by atoms with Crippen LogP contribution in [0.3, 0.4) is 0 Å². The van der Waals surface area contributed by atoms with E-state index in [1.165, 1.54) is 19.3 Å². The lowest BCUT2D eigenvalue weighted by Gasteiger charge is -2.04. The molecule has 0 N–H and O–H groups in total. The molecule has 0 saturated carbocycles. The zero-order chi connectivity index (χ0) is 13.5. The molecule has 4 heteroatoms. The minimum atomic E-state index is -0.552. The summed E-state index contributed by atoms with van der Waals surface area (Å²) in [5.41, 5.74) is 0. The molecule has 0 aliphatic heterocycles. The van der Waals surface area contributed by atoms with E-state index in [0.717, 1.165) is 31.0 Å². The largest absolute Gasteiger partial charge is 0.508 e. The molecule has 0 radical (unpaired) electrons. The Morgan fingerprint density at radius 2 is 1.72 bits per heavy atom. The zero-order valence-electron chi connectivity index (χ0n) is 11.3. The van der Waals surface area contributed by atoms with Gasteiger partial charge in [0.15, 0.2) is 0 Å². The smallest absolute Gasteiger partial charge is 0.434 e. The maximum absolute atomic E-state index is 11.1. The Morgan fingerprint density at radius 3 is 2.44 bits per heavy atom. The average Bonchev–Trinajstić information content (AvgIpc) is 2.38. The molecule has 0 aromatic rings. The SMILES string of the molecule is CCCCCC=CCCOC(=O)OCCCCBr. The third-order valence-corrected chi connectivity index (χ3v) is 2.95. The zero-order valence-corrected chi connectivity index (χ0v) is 12.9. The van der Waals surface area contributed by atoms with Gasteiger partial charge in [0.05, 0.1) is 13.2 Å². The molecule has 106 valence electrons. The molecular formula is C14H25BrO3. The van der Waals surface area contributed by atoms with E-state index in [1.807, 2.05) is 0 Å². The van der Waals surface area contributed by atoms with Crippen molar-refractivity contribution in [1.29, 1.82) is 0 Å². The van der Waals surface area contributed by atoms with Crippen LogP contribution in [0.15, 0.2) is 12.2 Å². The summed E-state index contributed by atoms with van der Waals surface area (Å²) in [6.45, 7) is 3.04. The molecule has 0 bridgehead atoms. The van der Waals surface area contributed by atoms with Crippen LogP contribution in [0.2, 0.25) is 0 Å². The number of rotatable bonds is 11. The second-order valence-corrected chi connectivity index (χ2v) is 4.89. The van der Waals surface area contributed by atoms with Crippen molar-refractivity contribution in [2.75, 3.05) is 18.5 Å². The number of carbonyl (C=O) groups is 1. The van der Waals surface area contributed by atoms with Crippen molar-refractivity contribution in [1.82, 2.24) is 0 Å². The predicted molar refractivity (Wildman–Crippen MR) is 78.2 cm³/mol. The molecule has 0 amide bonds. The van der Waals surface area contributed by atoms with Crippen molar-refractivity contribution >= 4 is 22.1 Å². The fourth-order valence-corrected chi connectivity index (χ4v) is 1.75. The van der Waals surface area contributed by atoms with Crippen LogP contribution in [0, 0.1) is 0 Å². The summed E-state index contributed by atoms with van der Waals surface area (Å²) in [5, 5.41) is 0.939. The lowest BCUT2D eigenvalue weighted by molar-refractivity contribution is 0.0557. The van der Waals surface area contributed by atoms with Crippen LogP contribution in [0.4, 0.5) is 4.79 Å². The maximum atomic E-state index is 11.1. The van der Waals surface area contributed by atoms with E-state index in [-0.39, 0.29) is 0 Å². The quantitative estimate of drug-likeness (QED) is 0.236. The molecule has 0 aliphatic carbocycles. The Morgan fingerprint density at radius 1 is 1.00 bits per heavy atom. The van der Waals surface area contributed by atoms with E-state index >= 15 is 0 Å². The van der Waals surface area contributed by atoms with Crippen molar-refractivity contribution in [3.8, 4) is 0 Å². The lowest BCUT2D eigenvalue weighted by atomic mass is 10.2. The van der Waals surface area contributed by atoms with Gasteiger partial charge in [-0.05, 0) is 32.1 Å². The van der Waals surface area contributed by atoms with Gasteiger partial charge in [-0.25, -0.2) is 4.79 Å². The number of hydrogen-bond donors (Lipinski definition) is 0. The first kappa shape index (κ1) is 17.5. The van der Waals surface area contributed by atoms with Crippen molar-refractivity contribution in [2.24, 2.45) is 0 Å². The van der Waals surface area contributed by atoms with Crippen molar-refractivity contribution in [3.05, 3.63) is 12.2 Å². The van der Waals surface area contributed by atoms with E-state index in [1.54, 1.807) is 0 Å². The Bertz CT molecular complexity index is 217. The van der Waals surface area contributed by atoms with Gasteiger partial charge >= 0.3 is 6.16 Å². The molecule has 0 rings (SSSR count). The summed E-state index contributed by atoms with van der Waals surface area (Å²) in [5.74, 6) is 0. The number of halogens is 1. The topological polar surface area (TPSA) is 35.5 Å². The van der Waals surface area contributed by atoms with Crippen LogP contribution in [0.5, 0.6) is 0 Å². The van der Waals surface area contributed by atoms with Gasteiger partial charge < -0.3 is 9.47 Å². The van der Waals surface area contributed by atoms with E-state index in [9.17, 15) is 4.79 Å². The van der Waals surface area contributed by atoms with Crippen LogP contribution < -0.4 is 0 Å². The molecule has 18 heavy (non-hydrogen) atoms. The minimum Gasteiger partial charge on any atom is -0.434 e. The first-order valence-corrected chi connectivity index (χ1v) is 7.94. The molecule has 0 unspecified atom stereocenters. The van der Waals surface area contributed by atoms with Crippen LogP contribution in [-0.4, -0.2) is 24.7 Å². The van der Waals surface area contributed by atoms with E-state index in [0.29, 0.717) is 13.2 Å². The molecule has 0 atom stereocenters. The number of unbranched alkanes of at least 4 members (excludes halogenated alkanes) is 4. The predicted octanol–water partition coefficient (Wildman–Crippen LogP) is 4.84. The Hall–Kier alpha value is -0.510. The lowest BCUT2D eigenvalue weighted by Crippen LogP contribution is -2.09. The third-order valence-electron chi connectivity index (χ3n) is 2.39. The highest BCUT2D eigenvalue weighted by molar-refractivity contribution is 9.09. The van der Waals surface area contributed by atoms with Crippen molar-refractivity contribution < 1.29 is 14.3 Å². The molecular weight excluding hydrogens is 296 g/mol. The Balaban J connectivity index is 3.24. The van der Waals surface area contributed by atoms with Gasteiger partial charge in [-0.1, -0.05) is 47.8 Å². The third kappa shape index (κ3) is 13.6. The Labute approximate surface area is 119 Å². The number of allylic oxidation sites excluding steroid dienone is 1. The van der Waals surface area contributed by atoms with Gasteiger partial charge in [0.2, 0.25) is 0 Å². The fourth-order valence-electron chi connectivity index (χ4n) is 1.35. The number of alkyl halides is 1. The minimum absolute atomic E-state index is 0.404. The molecule has 0 fully saturated rings. The first-order chi connectivity index (χ1) is 8.81. The van der Waals surface area contributed by atoms with E-state index in [4.69, 9.17) is 9.47 Å². The summed E-state index contributed by atoms with van der Waals surface area (Å²) in [7, 11) is 0. The molecule has 0 aromatic heterocycles. The first-order valence-electron chi connectivity index (χ1n) is 6.81. The molecule has 0 aromatic carbocycles. The second kappa shape index (κ2) is 14.6. The van der Waals surface area contributed by atoms with Gasteiger partial charge in [-0.3, -0.25) is 0 Å². The summed E-state index contributed by atoms with van der Waals surface area (Å²) >= 11 is 3.32. The Kier molecular flexibility index (Phi) is 14.1. The summed E-state index contributed by atoms with van der Waals surface area (Å²) in [4.78, 5) is 11.1. The monoisotopic (exact) mass is 320 g/mol. The van der Waals surface area contributed by atoms with Gasteiger partial charge in [0, 0.05) is 5.33 Å². The normalized spacial score (nSPS) is 10.8. The van der Waals surface area contributed by atoms with Crippen molar-refractivity contribution in [2.45, 2.75) is 51.9 Å². The highest BCUT2D eigenvalue weighted by Gasteiger charge is 2.01. The van der Waals surface area contributed by atoms with Crippen molar-refractivity contribution in [3.63, 3.8) is 0 Å². The van der Waals surface area contributed by atoms with Gasteiger partial charge in [0.1, 0.15) is 0 Å². The molecule has 0 saturated heterocycles. The van der Waals surface area contributed by atoms with Gasteiger partial charge in [-0.15, -0.1) is 0 Å². The van der Waals surface area contributed by atoms with Gasteiger partial charge in [-0.2, -0.15) is 0 Å². The summed E-state index contributed by atoms with van der Waals surface area (Å²) in [6, 6.07) is 0. The highest BCUT2D eigenvalue weighted by atomic mass is 79.9. The molecule has 0 spiro atoms. The summed E-state index contributed by atoms with van der Waals surface area (Å²) in [6.07, 6.45) is 11.2. The number of ether oxygens (including phenoxy) is 2. The van der Waals surface area contributed by atoms with E-state index in [2.05, 4.69) is 35.0 Å². The standard InChI is InChI=1S/C14H25BrO3/c1-2-3-4-5-6-7-9-12-17-14(16)18-13-10-8-11-15/h6-7H,2-5,8-13H2,1H3. The highest BCUT2D eigenvalue weighted by Crippen LogP contribution is 2.00. The number of carbonyl (C=O) groups excluding carboxylic acids is 1. The number of hydrogen-bond acceptors (Lipinski definition) is 3. The fraction of sp³-hybridized carbons (Fsp3) is 0.786. The van der Waals surface area contributed by atoms with Crippen LogP contribution in [-0.2, 0) is 9.47 Å². The molecule has 0 aliphatic rings. The van der Waals surface area contributed by atoms with Gasteiger partial charge in [0.25, 0.3) is 0 Å².